The number of anilines is 1. The molecule has 0 saturated heterocycles. The minimum atomic E-state index is -0.378. The molecule has 4 heteroatoms. The minimum absolute atomic E-state index is 0.101. The second-order valence-corrected chi connectivity index (χ2v) is 3.88. The highest BCUT2D eigenvalue weighted by molar-refractivity contribution is 5.65. The van der Waals surface area contributed by atoms with Crippen LogP contribution in [0.2, 0.25) is 0 Å². The number of benzene rings is 1. The van der Waals surface area contributed by atoms with E-state index in [0.717, 1.165) is 12.8 Å². The number of para-hydroxylation sites is 1. The van der Waals surface area contributed by atoms with Gasteiger partial charge in [0.2, 0.25) is 0 Å². The summed E-state index contributed by atoms with van der Waals surface area (Å²) in [5.41, 5.74) is 1.22. The molecule has 1 aromatic rings. The topological polar surface area (TPSA) is 55.2 Å². The maximum Gasteiger partial charge on any atom is 0.295 e. The van der Waals surface area contributed by atoms with E-state index in [1.165, 1.54) is 0 Å². The van der Waals surface area contributed by atoms with Crippen molar-refractivity contribution < 1.29 is 4.92 Å². The molecule has 0 heterocycles. The lowest BCUT2D eigenvalue weighted by atomic mass is 10.1. The Morgan fingerprint density at radius 1 is 1.59 bits per heavy atom. The third-order valence-electron chi connectivity index (χ3n) is 2.53. The summed E-state index contributed by atoms with van der Waals surface area (Å²) in [7, 11) is 0. The van der Waals surface area contributed by atoms with E-state index >= 15 is 0 Å². The quantitative estimate of drug-likeness (QED) is 0.482. The summed E-state index contributed by atoms with van der Waals surface area (Å²) >= 11 is 0. The molecule has 1 N–H and O–H groups in total. The van der Waals surface area contributed by atoms with Crippen LogP contribution in [-0.2, 0) is 0 Å². The van der Waals surface area contributed by atoms with E-state index in [0.29, 0.717) is 11.3 Å². The Kier molecular flexibility index (Phi) is 4.53. The van der Waals surface area contributed by atoms with Gasteiger partial charge in [-0.3, -0.25) is 10.1 Å². The van der Waals surface area contributed by atoms with Gasteiger partial charge in [-0.05, 0) is 19.4 Å². The van der Waals surface area contributed by atoms with Crippen LogP contribution < -0.4 is 5.32 Å². The number of aryl methyl sites for hydroxylation is 1. The maximum absolute atomic E-state index is 11.0. The van der Waals surface area contributed by atoms with Crippen LogP contribution in [0.25, 0.3) is 0 Å². The van der Waals surface area contributed by atoms with Crippen molar-refractivity contribution in [2.75, 3.05) is 5.32 Å². The van der Waals surface area contributed by atoms with Crippen molar-refractivity contribution in [3.05, 3.63) is 33.9 Å². The summed E-state index contributed by atoms with van der Waals surface area (Å²) in [6, 6.07) is 5.02. The zero-order valence-corrected chi connectivity index (χ0v) is 10.1. The van der Waals surface area contributed by atoms with Crippen LogP contribution in [0.4, 0.5) is 11.4 Å². The van der Waals surface area contributed by atoms with Gasteiger partial charge in [0.1, 0.15) is 5.69 Å². The normalized spacial score (nSPS) is 11.6. The lowest BCUT2D eigenvalue weighted by Gasteiger charge is -2.14. The Morgan fingerprint density at radius 3 is 2.82 bits per heavy atom. The molecule has 0 aliphatic rings. The van der Waals surface area contributed by atoms with E-state index in [1.54, 1.807) is 25.1 Å². The fourth-order valence-electron chi connectivity index (χ4n) is 1.69. The summed E-state index contributed by atoms with van der Waals surface area (Å²) < 4.78 is 0. The fraction of sp³-hybridized carbons (Fsp3) is 0.385. The highest BCUT2D eigenvalue weighted by Crippen LogP contribution is 2.28. The zero-order chi connectivity index (χ0) is 12.8. The Bertz CT molecular complexity index is 449. The van der Waals surface area contributed by atoms with Gasteiger partial charge in [-0.25, -0.2) is 0 Å². The van der Waals surface area contributed by atoms with Crippen molar-refractivity contribution in [1.29, 1.82) is 0 Å². The first-order chi connectivity index (χ1) is 8.10. The van der Waals surface area contributed by atoms with Gasteiger partial charge < -0.3 is 5.32 Å². The maximum atomic E-state index is 11.0. The Morgan fingerprint density at radius 2 is 2.29 bits per heavy atom. The lowest BCUT2D eigenvalue weighted by Crippen LogP contribution is -2.17. The first-order valence-corrected chi connectivity index (χ1v) is 5.56. The number of terminal acetylenes is 1. The molecule has 0 radical (unpaired) electrons. The third kappa shape index (κ3) is 3.22. The van der Waals surface area contributed by atoms with Crippen LogP contribution in [0.15, 0.2) is 18.2 Å². The second kappa shape index (κ2) is 5.90. The Hall–Kier alpha value is -2.02. The average Bonchev–Trinajstić information content (AvgIpc) is 2.28. The van der Waals surface area contributed by atoms with Crippen molar-refractivity contribution in [2.24, 2.45) is 0 Å². The van der Waals surface area contributed by atoms with Crippen LogP contribution >= 0.6 is 0 Å². The third-order valence-corrected chi connectivity index (χ3v) is 2.53. The molecule has 0 amide bonds. The molecule has 0 spiro atoms. The van der Waals surface area contributed by atoms with E-state index in [1.807, 2.05) is 6.92 Å². The van der Waals surface area contributed by atoms with Crippen LogP contribution in [0.3, 0.4) is 0 Å². The predicted molar refractivity (Wildman–Crippen MR) is 69.0 cm³/mol. The minimum Gasteiger partial charge on any atom is -0.366 e. The van der Waals surface area contributed by atoms with Crippen molar-refractivity contribution in [3.8, 4) is 12.3 Å². The monoisotopic (exact) mass is 232 g/mol. The summed E-state index contributed by atoms with van der Waals surface area (Å²) in [4.78, 5) is 10.6. The van der Waals surface area contributed by atoms with Crippen LogP contribution in [0.1, 0.15) is 25.3 Å². The van der Waals surface area contributed by atoms with Gasteiger partial charge in [-0.2, -0.15) is 0 Å². The highest BCUT2D eigenvalue weighted by Gasteiger charge is 2.18. The SMILES string of the molecule is C#CC(CCC)Nc1cccc(C)c1[N+](=O)[O-]. The molecule has 0 fully saturated rings. The van der Waals surface area contributed by atoms with Crippen molar-refractivity contribution in [1.82, 2.24) is 0 Å². The first kappa shape index (κ1) is 13.0. The van der Waals surface area contributed by atoms with E-state index in [-0.39, 0.29) is 16.7 Å². The molecular formula is C13H16N2O2. The predicted octanol–water partition coefficient (Wildman–Crippen LogP) is 3.12. The van der Waals surface area contributed by atoms with Crippen molar-refractivity contribution in [2.45, 2.75) is 32.7 Å². The van der Waals surface area contributed by atoms with Crippen molar-refractivity contribution >= 4 is 11.4 Å². The van der Waals surface area contributed by atoms with E-state index < -0.39 is 0 Å². The molecule has 0 aliphatic heterocycles. The standard InChI is InChI=1S/C13H16N2O2/c1-4-7-11(5-2)14-12-9-6-8-10(3)13(12)15(16)17/h2,6,8-9,11,14H,4,7H2,1,3H3. The molecule has 4 nitrogen and oxygen atoms in total. The fourth-order valence-corrected chi connectivity index (χ4v) is 1.69. The smallest absolute Gasteiger partial charge is 0.295 e. The average molecular weight is 232 g/mol. The molecule has 0 saturated carbocycles. The molecule has 1 aromatic carbocycles. The molecule has 0 aliphatic carbocycles. The largest absolute Gasteiger partial charge is 0.366 e. The van der Waals surface area contributed by atoms with Gasteiger partial charge in [0, 0.05) is 5.56 Å². The molecular weight excluding hydrogens is 216 g/mol. The van der Waals surface area contributed by atoms with E-state index in [9.17, 15) is 10.1 Å². The number of nitrogens with zero attached hydrogens (tertiary/aromatic N) is 1. The van der Waals surface area contributed by atoms with Gasteiger partial charge in [-0.15, -0.1) is 6.42 Å². The highest BCUT2D eigenvalue weighted by atomic mass is 16.6. The summed E-state index contributed by atoms with van der Waals surface area (Å²) in [5.74, 6) is 2.60. The molecule has 1 unspecified atom stereocenters. The number of hydrogen-bond acceptors (Lipinski definition) is 3. The van der Waals surface area contributed by atoms with Gasteiger partial charge in [0.05, 0.1) is 11.0 Å². The number of rotatable bonds is 5. The van der Waals surface area contributed by atoms with E-state index in [2.05, 4.69) is 11.2 Å². The Labute approximate surface area is 101 Å². The van der Waals surface area contributed by atoms with E-state index in [4.69, 9.17) is 6.42 Å². The van der Waals surface area contributed by atoms with Gasteiger partial charge in [-0.1, -0.05) is 31.4 Å². The lowest BCUT2D eigenvalue weighted by molar-refractivity contribution is -0.384. The second-order valence-electron chi connectivity index (χ2n) is 3.88. The zero-order valence-electron chi connectivity index (χ0n) is 10.1. The molecule has 1 atom stereocenters. The van der Waals surface area contributed by atoms with Crippen LogP contribution in [0.5, 0.6) is 0 Å². The molecule has 0 bridgehead atoms. The molecule has 90 valence electrons. The van der Waals surface area contributed by atoms with Crippen LogP contribution in [0, 0.1) is 29.4 Å². The first-order valence-electron chi connectivity index (χ1n) is 5.56. The van der Waals surface area contributed by atoms with Gasteiger partial charge >= 0.3 is 0 Å². The number of hydrogen-bond donors (Lipinski definition) is 1. The van der Waals surface area contributed by atoms with Gasteiger partial charge in [0.25, 0.3) is 5.69 Å². The Balaban J connectivity index is 3.02. The number of nitro benzene ring substituents is 1. The van der Waals surface area contributed by atoms with Crippen molar-refractivity contribution in [3.63, 3.8) is 0 Å². The number of nitrogens with one attached hydrogen (secondary N) is 1. The molecule has 0 aromatic heterocycles. The van der Waals surface area contributed by atoms with Gasteiger partial charge in [0.15, 0.2) is 0 Å². The molecule has 1 rings (SSSR count). The van der Waals surface area contributed by atoms with Crippen LogP contribution in [-0.4, -0.2) is 11.0 Å². The summed E-state index contributed by atoms with van der Waals surface area (Å²) in [6.45, 7) is 3.74. The molecule has 17 heavy (non-hydrogen) atoms. The summed E-state index contributed by atoms with van der Waals surface area (Å²) in [5, 5.41) is 14.0. The number of nitro groups is 1. The summed E-state index contributed by atoms with van der Waals surface area (Å²) in [6.07, 6.45) is 7.11.